The molecular formula is C9H8NO2S. The zero-order chi connectivity index (χ0) is 9.64. The van der Waals surface area contributed by atoms with Crippen LogP contribution in [0.3, 0.4) is 0 Å². The molecular weight excluding hydrogens is 186 g/mol. The zero-order valence-electron chi connectivity index (χ0n) is 7.33. The molecule has 13 heavy (non-hydrogen) atoms. The molecule has 2 aliphatic rings. The minimum atomic E-state index is -0.516. The minimum absolute atomic E-state index is 0.406. The van der Waals surface area contributed by atoms with Crippen LogP contribution in [0.1, 0.15) is 13.8 Å². The van der Waals surface area contributed by atoms with Crippen LogP contribution < -0.4 is 4.72 Å². The summed E-state index contributed by atoms with van der Waals surface area (Å²) in [5, 5.41) is 0. The average molecular weight is 194 g/mol. The highest BCUT2D eigenvalue weighted by atomic mass is 32.2. The summed E-state index contributed by atoms with van der Waals surface area (Å²) in [6.45, 7) is 3.68. The lowest BCUT2D eigenvalue weighted by Crippen LogP contribution is -2.34. The summed E-state index contributed by atoms with van der Waals surface area (Å²) >= 11 is 1.28. The van der Waals surface area contributed by atoms with Crippen LogP contribution in [0.2, 0.25) is 0 Å². The Morgan fingerprint density at radius 2 is 2.00 bits per heavy atom. The highest BCUT2D eigenvalue weighted by molar-refractivity contribution is 8.01. The quantitative estimate of drug-likeness (QED) is 0.328. The molecule has 1 heterocycles. The van der Waals surface area contributed by atoms with E-state index in [-0.39, 0.29) is 0 Å². The monoisotopic (exact) mass is 194 g/mol. The van der Waals surface area contributed by atoms with Crippen LogP contribution in [0, 0.1) is 0 Å². The van der Waals surface area contributed by atoms with Gasteiger partial charge in [0.2, 0.25) is 11.6 Å². The predicted molar refractivity (Wildman–Crippen MR) is 50.0 cm³/mol. The molecule has 0 aromatic rings. The van der Waals surface area contributed by atoms with Crippen molar-refractivity contribution in [3.8, 4) is 0 Å². The molecule has 67 valence electrons. The predicted octanol–water partition coefficient (Wildman–Crippen LogP) is 0.993. The summed E-state index contributed by atoms with van der Waals surface area (Å²) in [6, 6.07) is 0. The van der Waals surface area contributed by atoms with Gasteiger partial charge in [-0.15, -0.1) is 0 Å². The SMILES string of the molecule is CC1(C)[N]SC2=C1C(=O)C(=O)C=C2. The molecule has 4 heteroatoms. The Morgan fingerprint density at radius 1 is 1.31 bits per heavy atom. The Hall–Kier alpha value is -0.870. The van der Waals surface area contributed by atoms with Crippen molar-refractivity contribution in [2.45, 2.75) is 19.4 Å². The van der Waals surface area contributed by atoms with Crippen molar-refractivity contribution in [3.63, 3.8) is 0 Å². The minimum Gasteiger partial charge on any atom is -0.286 e. The first-order valence-corrected chi connectivity index (χ1v) is 4.70. The normalized spacial score (nSPS) is 25.4. The second-order valence-electron chi connectivity index (χ2n) is 3.51. The Bertz CT molecular complexity index is 366. The van der Waals surface area contributed by atoms with E-state index in [0.717, 1.165) is 4.91 Å². The molecule has 3 nitrogen and oxygen atoms in total. The molecule has 0 unspecified atom stereocenters. The molecule has 0 aromatic carbocycles. The topological polar surface area (TPSA) is 48.2 Å². The van der Waals surface area contributed by atoms with Gasteiger partial charge in [0.25, 0.3) is 0 Å². The van der Waals surface area contributed by atoms with Gasteiger partial charge in [0.15, 0.2) is 0 Å². The fourth-order valence-electron chi connectivity index (χ4n) is 1.41. The van der Waals surface area contributed by atoms with Gasteiger partial charge in [-0.2, -0.15) is 4.72 Å². The van der Waals surface area contributed by atoms with E-state index in [1.165, 1.54) is 18.0 Å². The summed E-state index contributed by atoms with van der Waals surface area (Å²) in [5.74, 6) is -0.847. The van der Waals surface area contributed by atoms with E-state index in [1.807, 2.05) is 13.8 Å². The van der Waals surface area contributed by atoms with Crippen molar-refractivity contribution in [2.24, 2.45) is 0 Å². The number of carbonyl (C=O) groups is 2. The maximum Gasteiger partial charge on any atom is 0.231 e. The van der Waals surface area contributed by atoms with Gasteiger partial charge in [0, 0.05) is 10.5 Å². The largest absolute Gasteiger partial charge is 0.286 e. The van der Waals surface area contributed by atoms with Gasteiger partial charge in [0.1, 0.15) is 0 Å². The van der Waals surface area contributed by atoms with E-state index < -0.39 is 17.1 Å². The lowest BCUT2D eigenvalue weighted by atomic mass is 9.87. The molecule has 0 N–H and O–H groups in total. The summed E-state index contributed by atoms with van der Waals surface area (Å²) < 4.78 is 4.22. The molecule has 0 amide bonds. The summed E-state index contributed by atoms with van der Waals surface area (Å²) in [4.78, 5) is 23.4. The van der Waals surface area contributed by atoms with Crippen molar-refractivity contribution in [1.29, 1.82) is 0 Å². The third kappa shape index (κ3) is 1.17. The lowest BCUT2D eigenvalue weighted by molar-refractivity contribution is -0.132. The van der Waals surface area contributed by atoms with Crippen LogP contribution in [-0.2, 0) is 9.59 Å². The maximum absolute atomic E-state index is 11.5. The number of hydrogen-bond acceptors (Lipinski definition) is 3. The molecule has 0 fully saturated rings. The van der Waals surface area contributed by atoms with Crippen molar-refractivity contribution in [2.75, 3.05) is 0 Å². The van der Waals surface area contributed by atoms with Crippen molar-refractivity contribution >= 4 is 23.5 Å². The first kappa shape index (κ1) is 8.72. The van der Waals surface area contributed by atoms with Gasteiger partial charge in [-0.1, -0.05) is 0 Å². The number of rotatable bonds is 0. The van der Waals surface area contributed by atoms with Gasteiger partial charge in [-0.25, -0.2) is 0 Å². The van der Waals surface area contributed by atoms with E-state index >= 15 is 0 Å². The smallest absolute Gasteiger partial charge is 0.231 e. The highest BCUT2D eigenvalue weighted by Crippen LogP contribution is 2.40. The average Bonchev–Trinajstić information content (AvgIpc) is 2.35. The van der Waals surface area contributed by atoms with Gasteiger partial charge in [0.05, 0.1) is 5.54 Å². The summed E-state index contributed by atoms with van der Waals surface area (Å²) in [5.41, 5.74) is 0.0299. The standard InChI is InChI=1S/C9H8NO2S/c1-9(2)7-6(13-10-9)4-3-5(11)8(7)12/h3-4H,1-2H3. The number of hydrogen-bond donors (Lipinski definition) is 0. The first-order valence-electron chi connectivity index (χ1n) is 3.93. The Kier molecular flexibility index (Phi) is 1.72. The molecule has 0 saturated heterocycles. The molecule has 1 aliphatic carbocycles. The van der Waals surface area contributed by atoms with Crippen LogP contribution in [0.25, 0.3) is 0 Å². The van der Waals surface area contributed by atoms with Crippen LogP contribution in [-0.4, -0.2) is 17.1 Å². The van der Waals surface area contributed by atoms with Gasteiger partial charge < -0.3 is 0 Å². The second kappa shape index (κ2) is 2.56. The van der Waals surface area contributed by atoms with Gasteiger partial charge in [-0.3, -0.25) is 9.59 Å². The van der Waals surface area contributed by atoms with Crippen LogP contribution in [0.5, 0.6) is 0 Å². The molecule has 2 rings (SSSR count). The fourth-order valence-corrected chi connectivity index (χ4v) is 2.39. The second-order valence-corrected chi connectivity index (χ2v) is 4.31. The Balaban J connectivity index is 2.54. The van der Waals surface area contributed by atoms with Gasteiger partial charge >= 0.3 is 0 Å². The molecule has 0 saturated carbocycles. The Labute approximate surface area is 80.4 Å². The van der Waals surface area contributed by atoms with E-state index in [4.69, 9.17) is 0 Å². The number of nitrogens with zero attached hydrogens (tertiary/aromatic N) is 1. The van der Waals surface area contributed by atoms with E-state index in [1.54, 1.807) is 6.08 Å². The van der Waals surface area contributed by atoms with Crippen molar-refractivity contribution < 1.29 is 9.59 Å². The molecule has 0 spiro atoms. The third-order valence-corrected chi connectivity index (χ3v) is 3.15. The lowest BCUT2D eigenvalue weighted by Gasteiger charge is -2.18. The fraction of sp³-hybridized carbons (Fsp3) is 0.333. The number of Topliss-reactive ketones (excluding diaryl/α,β-unsaturated/α-hetero) is 1. The molecule has 0 bridgehead atoms. The molecule has 1 aliphatic heterocycles. The van der Waals surface area contributed by atoms with Crippen LogP contribution >= 0.6 is 11.9 Å². The number of allylic oxidation sites excluding steroid dienone is 2. The molecule has 0 aromatic heterocycles. The Morgan fingerprint density at radius 3 is 2.69 bits per heavy atom. The number of carbonyl (C=O) groups excluding carboxylic acids is 2. The molecule has 1 radical (unpaired) electrons. The van der Waals surface area contributed by atoms with Crippen LogP contribution in [0.4, 0.5) is 0 Å². The number of ketones is 2. The van der Waals surface area contributed by atoms with E-state index in [9.17, 15) is 9.59 Å². The van der Waals surface area contributed by atoms with Crippen molar-refractivity contribution in [1.82, 2.24) is 4.72 Å². The van der Waals surface area contributed by atoms with Crippen LogP contribution in [0.15, 0.2) is 22.6 Å². The summed E-state index contributed by atoms with van der Waals surface area (Å²) in [6.07, 6.45) is 2.98. The highest BCUT2D eigenvalue weighted by Gasteiger charge is 2.41. The zero-order valence-corrected chi connectivity index (χ0v) is 8.14. The van der Waals surface area contributed by atoms with Crippen molar-refractivity contribution in [3.05, 3.63) is 22.6 Å². The van der Waals surface area contributed by atoms with E-state index in [0.29, 0.717) is 5.57 Å². The third-order valence-electron chi connectivity index (χ3n) is 2.07. The maximum atomic E-state index is 11.5. The summed E-state index contributed by atoms with van der Waals surface area (Å²) in [7, 11) is 0. The molecule has 0 atom stereocenters. The first-order chi connectivity index (χ1) is 6.02. The van der Waals surface area contributed by atoms with Gasteiger partial charge in [-0.05, 0) is 37.9 Å². The van der Waals surface area contributed by atoms with E-state index in [2.05, 4.69) is 4.72 Å².